The molecule has 0 spiro atoms. The van der Waals surface area contributed by atoms with Crippen LogP contribution in [0.5, 0.6) is 0 Å². The third-order valence-electron chi connectivity index (χ3n) is 4.56. The summed E-state index contributed by atoms with van der Waals surface area (Å²) in [7, 11) is 1.75. The lowest BCUT2D eigenvalue weighted by Gasteiger charge is -2.31. The molecule has 0 bridgehead atoms. The van der Waals surface area contributed by atoms with Crippen molar-refractivity contribution >= 4 is 17.3 Å². The Morgan fingerprint density at radius 1 is 1.42 bits per heavy atom. The van der Waals surface area contributed by atoms with Crippen molar-refractivity contribution in [3.8, 4) is 0 Å². The zero-order valence-corrected chi connectivity index (χ0v) is 15.7. The molecule has 7 nitrogen and oxygen atoms in total. The van der Waals surface area contributed by atoms with Crippen LogP contribution in [0.3, 0.4) is 0 Å². The highest BCUT2D eigenvalue weighted by Crippen LogP contribution is 2.34. The minimum atomic E-state index is -0.533. The number of fused-ring (bicyclic) bond motifs is 1. The van der Waals surface area contributed by atoms with E-state index in [0.29, 0.717) is 18.7 Å². The summed E-state index contributed by atoms with van der Waals surface area (Å²) in [6.45, 7) is 6.80. The average molecular weight is 358 g/mol. The molecule has 1 N–H and O–H groups in total. The summed E-state index contributed by atoms with van der Waals surface area (Å²) in [6, 6.07) is 5.44. The number of rotatable bonds is 7. The van der Waals surface area contributed by atoms with Gasteiger partial charge in [0.05, 0.1) is 28.6 Å². The molecule has 0 radical (unpaired) electrons. The van der Waals surface area contributed by atoms with E-state index in [-0.39, 0.29) is 23.8 Å². The van der Waals surface area contributed by atoms with Crippen molar-refractivity contribution in [3.05, 3.63) is 36.2 Å². The van der Waals surface area contributed by atoms with Crippen molar-refractivity contribution in [2.75, 3.05) is 20.2 Å². The van der Waals surface area contributed by atoms with Crippen molar-refractivity contribution in [1.82, 2.24) is 19.8 Å². The van der Waals surface area contributed by atoms with Gasteiger partial charge >= 0.3 is 0 Å². The molecule has 1 fully saturated rings. The van der Waals surface area contributed by atoms with Crippen LogP contribution in [0.25, 0.3) is 5.52 Å². The van der Waals surface area contributed by atoms with Gasteiger partial charge in [0.25, 0.3) is 5.91 Å². The van der Waals surface area contributed by atoms with E-state index in [9.17, 15) is 9.59 Å². The minimum absolute atomic E-state index is 0.00665. The lowest BCUT2D eigenvalue weighted by Crippen LogP contribution is -2.52. The van der Waals surface area contributed by atoms with Gasteiger partial charge in [0.2, 0.25) is 5.91 Å². The van der Waals surface area contributed by atoms with Crippen LogP contribution >= 0.6 is 0 Å². The number of amides is 2. The predicted octanol–water partition coefficient (Wildman–Crippen LogP) is 1.73. The van der Waals surface area contributed by atoms with Crippen molar-refractivity contribution in [2.45, 2.75) is 38.8 Å². The summed E-state index contributed by atoms with van der Waals surface area (Å²) in [4.78, 5) is 26.8. The molecule has 1 aliphatic rings. The second-order valence-electron chi connectivity index (χ2n) is 7.45. The van der Waals surface area contributed by atoms with Crippen LogP contribution in [0.15, 0.2) is 30.6 Å². The van der Waals surface area contributed by atoms with Gasteiger partial charge in [-0.15, -0.1) is 0 Å². The number of hydrogen-bond donors (Lipinski definition) is 1. The van der Waals surface area contributed by atoms with Crippen molar-refractivity contribution in [2.24, 2.45) is 5.92 Å². The summed E-state index contributed by atoms with van der Waals surface area (Å²) in [5.74, 6) is -0.175. The van der Waals surface area contributed by atoms with Crippen LogP contribution in [0.1, 0.15) is 37.6 Å². The minimum Gasteiger partial charge on any atom is -0.378 e. The van der Waals surface area contributed by atoms with E-state index in [1.54, 1.807) is 41.0 Å². The first-order valence-electron chi connectivity index (χ1n) is 8.94. The molecule has 3 rings (SSSR count). The van der Waals surface area contributed by atoms with Crippen molar-refractivity contribution in [1.29, 1.82) is 0 Å². The standard InChI is InChI=1S/C19H26N4O3/c1-5-26-16-11-14(16)17(24)21-19(2,3)12-22(4)18(25)13-8-10-23-15(13)7-6-9-20-23/h6-10,14,16H,5,11-12H2,1-4H3,(H,21,24). The van der Waals surface area contributed by atoms with Crippen LogP contribution in [-0.2, 0) is 9.53 Å². The van der Waals surface area contributed by atoms with Gasteiger partial charge in [-0.3, -0.25) is 9.59 Å². The maximum Gasteiger partial charge on any atom is 0.255 e. The lowest BCUT2D eigenvalue weighted by molar-refractivity contribution is -0.125. The van der Waals surface area contributed by atoms with Gasteiger partial charge in [0.1, 0.15) is 0 Å². The predicted molar refractivity (Wildman–Crippen MR) is 97.9 cm³/mol. The molecular formula is C19H26N4O3. The molecule has 1 aliphatic carbocycles. The molecule has 140 valence electrons. The molecule has 2 aromatic rings. The zero-order valence-electron chi connectivity index (χ0n) is 15.7. The summed E-state index contributed by atoms with van der Waals surface area (Å²) in [5.41, 5.74) is 0.833. The first-order chi connectivity index (χ1) is 12.3. The van der Waals surface area contributed by atoms with Crippen LogP contribution < -0.4 is 5.32 Å². The number of nitrogens with zero attached hydrogens (tertiary/aromatic N) is 3. The summed E-state index contributed by atoms with van der Waals surface area (Å²) in [6.07, 6.45) is 4.26. The summed E-state index contributed by atoms with van der Waals surface area (Å²) in [5, 5.41) is 7.23. The van der Waals surface area contributed by atoms with E-state index in [0.717, 1.165) is 11.9 Å². The maximum atomic E-state index is 12.8. The number of aromatic nitrogens is 2. The number of carbonyl (C=O) groups excluding carboxylic acids is 2. The first-order valence-corrected chi connectivity index (χ1v) is 8.94. The number of carbonyl (C=O) groups is 2. The molecule has 0 aliphatic heterocycles. The number of hydrogen-bond acceptors (Lipinski definition) is 4. The monoisotopic (exact) mass is 358 g/mol. The summed E-state index contributed by atoms with van der Waals surface area (Å²) < 4.78 is 7.15. The highest BCUT2D eigenvalue weighted by molar-refractivity contribution is 6.00. The Labute approximate surface area is 153 Å². The fraction of sp³-hybridized carbons (Fsp3) is 0.526. The Balaban J connectivity index is 1.62. The maximum absolute atomic E-state index is 12.8. The van der Waals surface area contributed by atoms with Gasteiger partial charge in [0.15, 0.2) is 0 Å². The SMILES string of the molecule is CCOC1CC1C(=O)NC(C)(C)CN(C)C(=O)c1ccn2ncccc12. The highest BCUT2D eigenvalue weighted by Gasteiger charge is 2.45. The van der Waals surface area contributed by atoms with Crippen LogP contribution in [0.2, 0.25) is 0 Å². The van der Waals surface area contributed by atoms with Crippen molar-refractivity contribution in [3.63, 3.8) is 0 Å². The smallest absolute Gasteiger partial charge is 0.255 e. The molecule has 2 unspecified atom stereocenters. The second kappa shape index (κ2) is 7.07. The number of nitrogens with one attached hydrogen (secondary N) is 1. The molecule has 2 amide bonds. The molecule has 2 heterocycles. The molecule has 2 atom stereocenters. The number of ether oxygens (including phenoxy) is 1. The molecule has 26 heavy (non-hydrogen) atoms. The van der Waals surface area contributed by atoms with Crippen LogP contribution in [0, 0.1) is 5.92 Å². The lowest BCUT2D eigenvalue weighted by atomic mass is 10.0. The third kappa shape index (κ3) is 3.88. The van der Waals surface area contributed by atoms with Gasteiger partial charge < -0.3 is 15.0 Å². The van der Waals surface area contributed by atoms with E-state index in [4.69, 9.17) is 4.74 Å². The van der Waals surface area contributed by atoms with Gasteiger partial charge in [-0.2, -0.15) is 5.10 Å². The van der Waals surface area contributed by atoms with Gasteiger partial charge in [-0.25, -0.2) is 4.52 Å². The van der Waals surface area contributed by atoms with E-state index < -0.39 is 5.54 Å². The van der Waals surface area contributed by atoms with E-state index in [1.807, 2.05) is 26.8 Å². The Morgan fingerprint density at radius 2 is 2.19 bits per heavy atom. The average Bonchev–Trinajstić information content (AvgIpc) is 3.22. The van der Waals surface area contributed by atoms with E-state index in [1.165, 1.54) is 0 Å². The van der Waals surface area contributed by atoms with Crippen LogP contribution in [0.4, 0.5) is 0 Å². The van der Waals surface area contributed by atoms with E-state index >= 15 is 0 Å². The molecule has 7 heteroatoms. The quantitative estimate of drug-likeness (QED) is 0.818. The van der Waals surface area contributed by atoms with Gasteiger partial charge in [-0.1, -0.05) is 0 Å². The zero-order chi connectivity index (χ0) is 18.9. The Bertz CT molecular complexity index is 814. The molecule has 2 aromatic heterocycles. The Kier molecular flexibility index (Phi) is 5.00. The second-order valence-corrected chi connectivity index (χ2v) is 7.45. The van der Waals surface area contributed by atoms with Crippen LogP contribution in [-0.4, -0.2) is 58.2 Å². The van der Waals surface area contributed by atoms with Crippen molar-refractivity contribution < 1.29 is 14.3 Å². The Morgan fingerprint density at radius 3 is 2.92 bits per heavy atom. The first kappa shape index (κ1) is 18.4. The topological polar surface area (TPSA) is 75.9 Å². The normalized spacial score (nSPS) is 19.4. The Hall–Kier alpha value is -2.41. The largest absolute Gasteiger partial charge is 0.378 e. The number of likely N-dealkylation sites (N-methyl/N-ethyl adjacent to an activating group) is 1. The fourth-order valence-corrected chi connectivity index (χ4v) is 3.31. The molecule has 0 saturated heterocycles. The fourth-order valence-electron chi connectivity index (χ4n) is 3.31. The van der Waals surface area contributed by atoms with Gasteiger partial charge in [0, 0.05) is 32.6 Å². The molecule has 1 saturated carbocycles. The molecular weight excluding hydrogens is 332 g/mol. The van der Waals surface area contributed by atoms with Gasteiger partial charge in [-0.05, 0) is 45.4 Å². The van der Waals surface area contributed by atoms with E-state index in [2.05, 4.69) is 10.4 Å². The third-order valence-corrected chi connectivity index (χ3v) is 4.56. The summed E-state index contributed by atoms with van der Waals surface area (Å²) >= 11 is 0. The molecule has 0 aromatic carbocycles. The highest BCUT2D eigenvalue weighted by atomic mass is 16.5.